The predicted octanol–water partition coefficient (Wildman–Crippen LogP) is 6.25. The fraction of sp³-hybridized carbons (Fsp3) is 0.630. The summed E-state index contributed by atoms with van der Waals surface area (Å²) in [5.41, 5.74) is 0.527. The van der Waals surface area contributed by atoms with Gasteiger partial charge in [0, 0.05) is 12.8 Å². The largest absolute Gasteiger partial charge is 0.504 e. The van der Waals surface area contributed by atoms with Crippen molar-refractivity contribution < 1.29 is 24.9 Å². The van der Waals surface area contributed by atoms with Crippen molar-refractivity contribution in [2.24, 2.45) is 0 Å². The molecule has 0 fully saturated rings. The van der Waals surface area contributed by atoms with Crippen LogP contribution in [-0.4, -0.2) is 33.2 Å². The minimum atomic E-state index is -1.12. The Morgan fingerprint density at radius 1 is 0.848 bits per heavy atom. The fourth-order valence-corrected chi connectivity index (χ4v) is 3.75. The van der Waals surface area contributed by atoms with E-state index in [4.69, 9.17) is 0 Å². The number of unbranched alkanes of at least 4 members (excludes halogenated alkanes) is 11. The second-order valence-corrected chi connectivity index (χ2v) is 8.82. The Labute approximate surface area is 199 Å². The lowest BCUT2D eigenvalue weighted by molar-refractivity contribution is -0.141. The quantitative estimate of drug-likeness (QED) is 0.111. The highest BCUT2D eigenvalue weighted by molar-refractivity contribution is 5.83. The van der Waals surface area contributed by atoms with E-state index in [9.17, 15) is 24.9 Å². The molecule has 0 heterocycles. The molecule has 1 atom stereocenters. The molecule has 186 valence electrons. The summed E-state index contributed by atoms with van der Waals surface area (Å²) in [4.78, 5) is 23.6. The first-order valence-corrected chi connectivity index (χ1v) is 12.6. The van der Waals surface area contributed by atoms with Crippen molar-refractivity contribution in [3.8, 4) is 11.5 Å². The third kappa shape index (κ3) is 14.3. The summed E-state index contributed by atoms with van der Waals surface area (Å²) in [7, 11) is 0. The van der Waals surface area contributed by atoms with Gasteiger partial charge in [-0.05, 0) is 49.8 Å². The van der Waals surface area contributed by atoms with Gasteiger partial charge in [-0.25, -0.2) is 4.79 Å². The standard InChI is InChI=1S/C27H43NO5/c1-2-3-4-5-6-7-8-9-10-11-12-13-14-15-16-17-26(31)28-23(27(32)33)20-22-18-19-24(29)25(30)21-22/h9-10,18-19,21,23,29-30H,2-8,11-17,20H2,1H3,(H,28,31)(H,32,33)/b10-9-/t23-/m0/s1. The first kappa shape index (κ1) is 28.5. The molecule has 0 spiro atoms. The lowest BCUT2D eigenvalue weighted by atomic mass is 10.0. The molecule has 33 heavy (non-hydrogen) atoms. The van der Waals surface area contributed by atoms with Crippen LogP contribution in [0.3, 0.4) is 0 Å². The number of carbonyl (C=O) groups excluding carboxylic acids is 1. The molecule has 0 aliphatic heterocycles. The fourth-order valence-electron chi connectivity index (χ4n) is 3.75. The van der Waals surface area contributed by atoms with Crippen LogP contribution < -0.4 is 5.32 Å². The topological polar surface area (TPSA) is 107 Å². The van der Waals surface area contributed by atoms with E-state index in [1.807, 2.05) is 0 Å². The molecule has 1 amide bonds. The van der Waals surface area contributed by atoms with Gasteiger partial charge in [0.15, 0.2) is 11.5 Å². The van der Waals surface area contributed by atoms with E-state index in [0.717, 1.165) is 32.1 Å². The third-order valence-corrected chi connectivity index (χ3v) is 5.78. The van der Waals surface area contributed by atoms with Gasteiger partial charge in [0.05, 0.1) is 0 Å². The highest BCUT2D eigenvalue weighted by Gasteiger charge is 2.20. The number of nitrogens with one attached hydrogen (secondary N) is 1. The number of hydrogen-bond donors (Lipinski definition) is 4. The van der Waals surface area contributed by atoms with E-state index >= 15 is 0 Å². The zero-order valence-corrected chi connectivity index (χ0v) is 20.2. The molecule has 0 saturated carbocycles. The van der Waals surface area contributed by atoms with Gasteiger partial charge >= 0.3 is 5.97 Å². The number of benzene rings is 1. The molecule has 4 N–H and O–H groups in total. The first-order valence-electron chi connectivity index (χ1n) is 12.6. The summed E-state index contributed by atoms with van der Waals surface area (Å²) in [5, 5.41) is 30.8. The van der Waals surface area contributed by atoms with Crippen molar-refractivity contribution in [2.75, 3.05) is 0 Å². The maximum Gasteiger partial charge on any atom is 0.326 e. The van der Waals surface area contributed by atoms with Crippen molar-refractivity contribution in [3.63, 3.8) is 0 Å². The van der Waals surface area contributed by atoms with Gasteiger partial charge in [0.25, 0.3) is 0 Å². The Balaban J connectivity index is 2.08. The number of aliphatic carboxylic acids is 1. The van der Waals surface area contributed by atoms with Crippen LogP contribution in [0.2, 0.25) is 0 Å². The number of amides is 1. The summed E-state index contributed by atoms with van der Waals surface area (Å²) in [5.74, 6) is -1.97. The van der Waals surface area contributed by atoms with Crippen LogP contribution >= 0.6 is 0 Å². The molecular weight excluding hydrogens is 418 g/mol. The average molecular weight is 462 g/mol. The maximum atomic E-state index is 12.1. The first-order chi connectivity index (χ1) is 15.9. The van der Waals surface area contributed by atoms with Crippen LogP contribution in [0.25, 0.3) is 0 Å². The average Bonchev–Trinajstić information content (AvgIpc) is 2.78. The molecule has 1 aromatic carbocycles. The number of hydrogen-bond acceptors (Lipinski definition) is 4. The summed E-state index contributed by atoms with van der Waals surface area (Å²) in [6, 6.07) is 3.07. The van der Waals surface area contributed by atoms with E-state index in [0.29, 0.717) is 12.0 Å². The molecule has 0 unspecified atom stereocenters. The molecule has 1 rings (SSSR count). The minimum absolute atomic E-state index is 0.0429. The number of aromatic hydroxyl groups is 2. The Kier molecular flexibility index (Phi) is 15.6. The number of rotatable bonds is 19. The summed E-state index contributed by atoms with van der Waals surface area (Å²) >= 11 is 0. The molecule has 0 bridgehead atoms. The SMILES string of the molecule is CCCCCCCC/C=C\CCCCCCCC(=O)N[C@@H](Cc1ccc(O)c(O)c1)C(=O)O. The second-order valence-electron chi connectivity index (χ2n) is 8.82. The van der Waals surface area contributed by atoms with Gasteiger partial charge in [-0.15, -0.1) is 0 Å². The third-order valence-electron chi connectivity index (χ3n) is 5.78. The molecule has 1 aromatic rings. The number of phenols is 2. The van der Waals surface area contributed by atoms with Gasteiger partial charge in [0.1, 0.15) is 6.04 Å². The maximum absolute atomic E-state index is 12.1. The zero-order valence-electron chi connectivity index (χ0n) is 20.2. The highest BCUT2D eigenvalue weighted by atomic mass is 16.4. The minimum Gasteiger partial charge on any atom is -0.504 e. The van der Waals surface area contributed by atoms with Crippen molar-refractivity contribution in [2.45, 2.75) is 109 Å². The second kappa shape index (κ2) is 18.0. The molecule has 0 aliphatic rings. The monoisotopic (exact) mass is 461 g/mol. The van der Waals surface area contributed by atoms with E-state index in [-0.39, 0.29) is 23.8 Å². The summed E-state index contributed by atoms with van der Waals surface area (Å²) in [6.07, 6.45) is 20.4. The number of carboxylic acid groups (broad SMARTS) is 1. The number of carbonyl (C=O) groups is 2. The Morgan fingerprint density at radius 2 is 1.42 bits per heavy atom. The van der Waals surface area contributed by atoms with Crippen molar-refractivity contribution in [3.05, 3.63) is 35.9 Å². The van der Waals surface area contributed by atoms with Crippen molar-refractivity contribution in [1.82, 2.24) is 5.32 Å². The molecule has 0 aliphatic carbocycles. The van der Waals surface area contributed by atoms with Gasteiger partial charge in [-0.1, -0.05) is 76.5 Å². The van der Waals surface area contributed by atoms with E-state index < -0.39 is 12.0 Å². The van der Waals surface area contributed by atoms with Crippen LogP contribution in [0.1, 0.15) is 102 Å². The highest BCUT2D eigenvalue weighted by Crippen LogP contribution is 2.25. The number of carboxylic acids is 1. The summed E-state index contributed by atoms with van der Waals surface area (Å²) < 4.78 is 0. The Bertz CT molecular complexity index is 716. The lowest BCUT2D eigenvalue weighted by Crippen LogP contribution is -2.42. The number of phenolic OH excluding ortho intramolecular Hbond substituents is 2. The normalized spacial score (nSPS) is 12.2. The van der Waals surface area contributed by atoms with Crippen molar-refractivity contribution in [1.29, 1.82) is 0 Å². The van der Waals surface area contributed by atoms with E-state index in [1.165, 1.54) is 69.6 Å². The smallest absolute Gasteiger partial charge is 0.326 e. The molecule has 6 nitrogen and oxygen atoms in total. The Hall–Kier alpha value is -2.50. The zero-order chi connectivity index (χ0) is 24.3. The lowest BCUT2D eigenvalue weighted by Gasteiger charge is -2.15. The molecule has 0 aromatic heterocycles. The van der Waals surface area contributed by atoms with Crippen LogP contribution in [-0.2, 0) is 16.0 Å². The Morgan fingerprint density at radius 3 is 2.00 bits per heavy atom. The molecule has 6 heteroatoms. The van der Waals surface area contributed by atoms with Crippen LogP contribution in [0.5, 0.6) is 11.5 Å². The van der Waals surface area contributed by atoms with Crippen LogP contribution in [0.4, 0.5) is 0 Å². The van der Waals surface area contributed by atoms with Gasteiger partial charge in [-0.3, -0.25) is 4.79 Å². The van der Waals surface area contributed by atoms with Crippen LogP contribution in [0.15, 0.2) is 30.4 Å². The molecule has 0 saturated heterocycles. The van der Waals surface area contributed by atoms with E-state index in [1.54, 1.807) is 0 Å². The van der Waals surface area contributed by atoms with Gasteiger partial charge in [-0.2, -0.15) is 0 Å². The van der Waals surface area contributed by atoms with Gasteiger partial charge < -0.3 is 20.6 Å². The summed E-state index contributed by atoms with van der Waals surface area (Å²) in [6.45, 7) is 2.24. The molecular formula is C27H43NO5. The predicted molar refractivity (Wildman–Crippen MR) is 132 cm³/mol. The molecule has 0 radical (unpaired) electrons. The van der Waals surface area contributed by atoms with E-state index in [2.05, 4.69) is 24.4 Å². The van der Waals surface area contributed by atoms with Crippen molar-refractivity contribution >= 4 is 11.9 Å². The van der Waals surface area contributed by atoms with Crippen LogP contribution in [0, 0.1) is 0 Å². The van der Waals surface area contributed by atoms with Gasteiger partial charge in [0.2, 0.25) is 5.91 Å². The number of allylic oxidation sites excluding steroid dienone is 2.